The van der Waals surface area contributed by atoms with Crippen LogP contribution in [0.5, 0.6) is 0 Å². The van der Waals surface area contributed by atoms with Gasteiger partial charge in [0.2, 0.25) is 11.7 Å². The van der Waals surface area contributed by atoms with E-state index in [-0.39, 0.29) is 6.04 Å². The molecule has 0 aliphatic rings. The van der Waals surface area contributed by atoms with E-state index in [2.05, 4.69) is 25.5 Å². The number of nitrogens with one attached hydrogen (secondary N) is 1. The average Bonchev–Trinajstić information content (AvgIpc) is 3.26. The molecular formula is C16H20N6O2. The van der Waals surface area contributed by atoms with Crippen LogP contribution in [0.4, 0.5) is 5.82 Å². The molecule has 1 atom stereocenters. The van der Waals surface area contributed by atoms with Gasteiger partial charge in [0.25, 0.3) is 0 Å². The molecule has 0 bridgehead atoms. The predicted octanol–water partition coefficient (Wildman–Crippen LogP) is 2.54. The monoisotopic (exact) mass is 328 g/mol. The summed E-state index contributed by atoms with van der Waals surface area (Å²) in [5.74, 6) is 1.79. The van der Waals surface area contributed by atoms with Crippen LogP contribution in [0.15, 0.2) is 41.3 Å². The van der Waals surface area contributed by atoms with Gasteiger partial charge in [0, 0.05) is 50.5 Å². The summed E-state index contributed by atoms with van der Waals surface area (Å²) in [4.78, 5) is 8.47. The molecule has 24 heavy (non-hydrogen) atoms. The lowest BCUT2D eigenvalue weighted by molar-refractivity contribution is 0.189. The zero-order chi connectivity index (χ0) is 16.8. The number of hydrogen-bond acceptors (Lipinski definition) is 7. The van der Waals surface area contributed by atoms with Crippen molar-refractivity contribution in [2.45, 2.75) is 25.9 Å². The Morgan fingerprint density at radius 2 is 2.29 bits per heavy atom. The first-order valence-corrected chi connectivity index (χ1v) is 7.79. The second-order valence-corrected chi connectivity index (χ2v) is 5.37. The largest absolute Gasteiger partial charge is 0.385 e. The van der Waals surface area contributed by atoms with Gasteiger partial charge in [-0.1, -0.05) is 5.16 Å². The molecule has 0 spiro atoms. The van der Waals surface area contributed by atoms with Gasteiger partial charge < -0.3 is 14.6 Å². The first kappa shape index (κ1) is 16.1. The minimum absolute atomic E-state index is 0.148. The molecule has 8 nitrogen and oxygen atoms in total. The van der Waals surface area contributed by atoms with E-state index < -0.39 is 0 Å². The lowest BCUT2D eigenvalue weighted by Crippen LogP contribution is -2.08. The van der Waals surface area contributed by atoms with Crippen molar-refractivity contribution < 1.29 is 9.26 Å². The Balaban J connectivity index is 1.61. The zero-order valence-corrected chi connectivity index (χ0v) is 13.7. The Bertz CT molecular complexity index is 755. The maximum atomic E-state index is 5.34. The van der Waals surface area contributed by atoms with Gasteiger partial charge in [-0.25, -0.2) is 0 Å². The molecule has 0 aliphatic carbocycles. The molecule has 8 heteroatoms. The van der Waals surface area contributed by atoms with Crippen molar-refractivity contribution in [1.82, 2.24) is 24.9 Å². The van der Waals surface area contributed by atoms with Crippen LogP contribution in [0.2, 0.25) is 0 Å². The van der Waals surface area contributed by atoms with Crippen LogP contribution >= 0.6 is 0 Å². The van der Waals surface area contributed by atoms with Crippen LogP contribution in [-0.4, -0.2) is 38.6 Å². The Hall–Kier alpha value is -2.74. The van der Waals surface area contributed by atoms with Gasteiger partial charge in [0.1, 0.15) is 11.9 Å². The Morgan fingerprint density at radius 1 is 1.38 bits per heavy atom. The average molecular weight is 328 g/mol. The molecule has 0 saturated carbocycles. The predicted molar refractivity (Wildman–Crippen MR) is 88.3 cm³/mol. The van der Waals surface area contributed by atoms with Crippen molar-refractivity contribution in [3.05, 3.63) is 42.7 Å². The normalized spacial score (nSPS) is 12.2. The van der Waals surface area contributed by atoms with E-state index in [0.29, 0.717) is 11.7 Å². The van der Waals surface area contributed by atoms with Gasteiger partial charge in [-0.15, -0.1) is 0 Å². The maximum Gasteiger partial charge on any atom is 0.249 e. The van der Waals surface area contributed by atoms with Gasteiger partial charge in [0.05, 0.1) is 0 Å². The van der Waals surface area contributed by atoms with E-state index in [1.807, 2.05) is 36.0 Å². The van der Waals surface area contributed by atoms with E-state index >= 15 is 0 Å². The number of aromatic nitrogens is 5. The molecule has 0 radical (unpaired) electrons. The van der Waals surface area contributed by atoms with Crippen LogP contribution < -0.4 is 5.32 Å². The number of rotatable bonds is 8. The highest BCUT2D eigenvalue weighted by molar-refractivity contribution is 5.52. The molecule has 1 N–H and O–H groups in total. The molecule has 1 unspecified atom stereocenters. The molecule has 0 aliphatic heterocycles. The van der Waals surface area contributed by atoms with Gasteiger partial charge in [-0.2, -0.15) is 10.1 Å². The summed E-state index contributed by atoms with van der Waals surface area (Å²) in [6, 6.07) is 5.50. The minimum atomic E-state index is -0.148. The van der Waals surface area contributed by atoms with E-state index in [1.54, 1.807) is 19.5 Å². The number of methoxy groups -OCH3 is 1. The highest BCUT2D eigenvalue weighted by Crippen LogP contribution is 2.20. The molecule has 126 valence electrons. The standard InChI is InChI=1S/C16H20N6O2/c1-12(18-14-6-9-22(20-14)8-4-10-23-2)16-19-15(21-24-16)13-5-3-7-17-11-13/h3,5-7,9,11-12H,4,8,10H2,1-2H3,(H,18,20). The van der Waals surface area contributed by atoms with Crippen LogP contribution in [0.1, 0.15) is 25.3 Å². The summed E-state index contributed by atoms with van der Waals surface area (Å²) in [6.07, 6.45) is 6.26. The van der Waals surface area contributed by atoms with Crippen LogP contribution in [-0.2, 0) is 11.3 Å². The quantitative estimate of drug-likeness (QED) is 0.635. The maximum absolute atomic E-state index is 5.34. The number of anilines is 1. The van der Waals surface area contributed by atoms with E-state index in [1.165, 1.54) is 0 Å². The van der Waals surface area contributed by atoms with Crippen molar-refractivity contribution >= 4 is 5.82 Å². The number of ether oxygens (including phenoxy) is 1. The number of hydrogen-bond donors (Lipinski definition) is 1. The van der Waals surface area contributed by atoms with Gasteiger partial charge in [-0.05, 0) is 25.5 Å². The van der Waals surface area contributed by atoms with Crippen molar-refractivity contribution in [3.8, 4) is 11.4 Å². The smallest absolute Gasteiger partial charge is 0.249 e. The van der Waals surface area contributed by atoms with E-state index in [9.17, 15) is 0 Å². The second-order valence-electron chi connectivity index (χ2n) is 5.37. The topological polar surface area (TPSA) is 90.9 Å². The summed E-state index contributed by atoms with van der Waals surface area (Å²) >= 11 is 0. The lowest BCUT2D eigenvalue weighted by atomic mass is 10.3. The van der Waals surface area contributed by atoms with Crippen molar-refractivity contribution in [2.75, 3.05) is 19.0 Å². The van der Waals surface area contributed by atoms with Gasteiger partial charge in [0.15, 0.2) is 0 Å². The summed E-state index contributed by atoms with van der Waals surface area (Å²) in [5, 5.41) is 11.7. The van der Waals surface area contributed by atoms with Crippen LogP contribution in [0, 0.1) is 0 Å². The molecule has 0 amide bonds. The third-order valence-electron chi connectivity index (χ3n) is 3.47. The molecule has 0 fully saturated rings. The highest BCUT2D eigenvalue weighted by atomic mass is 16.5. The second kappa shape index (κ2) is 7.69. The number of nitrogens with zero attached hydrogens (tertiary/aromatic N) is 5. The van der Waals surface area contributed by atoms with Crippen molar-refractivity contribution in [2.24, 2.45) is 0 Å². The van der Waals surface area contributed by atoms with E-state index in [0.717, 1.165) is 31.0 Å². The highest BCUT2D eigenvalue weighted by Gasteiger charge is 2.16. The molecular weight excluding hydrogens is 308 g/mol. The summed E-state index contributed by atoms with van der Waals surface area (Å²) in [7, 11) is 1.70. The molecule has 0 saturated heterocycles. The molecule has 3 aromatic rings. The van der Waals surface area contributed by atoms with Crippen LogP contribution in [0.3, 0.4) is 0 Å². The van der Waals surface area contributed by atoms with Gasteiger partial charge in [-0.3, -0.25) is 9.67 Å². The third-order valence-corrected chi connectivity index (χ3v) is 3.47. The molecule has 3 aromatic heterocycles. The zero-order valence-electron chi connectivity index (χ0n) is 13.7. The first-order chi connectivity index (χ1) is 11.8. The fourth-order valence-electron chi connectivity index (χ4n) is 2.24. The van der Waals surface area contributed by atoms with Gasteiger partial charge >= 0.3 is 0 Å². The molecule has 0 aromatic carbocycles. The summed E-state index contributed by atoms with van der Waals surface area (Å²) < 4.78 is 12.3. The summed E-state index contributed by atoms with van der Waals surface area (Å²) in [6.45, 7) is 3.48. The number of pyridine rings is 1. The Kier molecular flexibility index (Phi) is 5.17. The minimum Gasteiger partial charge on any atom is -0.385 e. The fraction of sp³-hybridized carbons (Fsp3) is 0.375. The van der Waals surface area contributed by atoms with E-state index in [4.69, 9.17) is 9.26 Å². The molecule has 3 heterocycles. The fourth-order valence-corrected chi connectivity index (χ4v) is 2.24. The lowest BCUT2D eigenvalue weighted by Gasteiger charge is -2.07. The van der Waals surface area contributed by atoms with Crippen molar-refractivity contribution in [3.63, 3.8) is 0 Å². The SMILES string of the molecule is COCCCn1ccc(NC(C)c2nc(-c3cccnc3)no2)n1. The molecule has 3 rings (SSSR count). The Labute approximate surface area is 139 Å². The number of aryl methyl sites for hydroxylation is 1. The first-order valence-electron chi connectivity index (χ1n) is 7.79. The third kappa shape index (κ3) is 3.96. The Morgan fingerprint density at radius 3 is 3.08 bits per heavy atom. The summed E-state index contributed by atoms with van der Waals surface area (Å²) in [5.41, 5.74) is 0.821. The van der Waals surface area contributed by atoms with Crippen LogP contribution in [0.25, 0.3) is 11.4 Å². The van der Waals surface area contributed by atoms with Crippen molar-refractivity contribution in [1.29, 1.82) is 0 Å².